The molecule has 0 fully saturated rings. The molecule has 0 heterocycles. The molecule has 0 saturated heterocycles. The summed E-state index contributed by atoms with van der Waals surface area (Å²) in [4.78, 5) is 26.5. The highest BCUT2D eigenvalue weighted by molar-refractivity contribution is 6.30. The van der Waals surface area contributed by atoms with E-state index in [0.29, 0.717) is 16.3 Å². The van der Waals surface area contributed by atoms with Gasteiger partial charge in [-0.25, -0.2) is 4.79 Å². The third-order valence-corrected chi connectivity index (χ3v) is 4.73. The molecule has 3 aromatic rings. The van der Waals surface area contributed by atoms with Gasteiger partial charge >= 0.3 is 12.2 Å². The van der Waals surface area contributed by atoms with Crippen molar-refractivity contribution in [2.24, 2.45) is 0 Å². The minimum Gasteiger partial charge on any atom is -0.350 e. The lowest BCUT2D eigenvalue weighted by molar-refractivity contribution is -0.137. The maximum Gasteiger partial charge on any atom is 0.416 e. The van der Waals surface area contributed by atoms with Gasteiger partial charge in [0.05, 0.1) is 5.56 Å². The summed E-state index contributed by atoms with van der Waals surface area (Å²) >= 11 is 5.82. The molecule has 0 saturated carbocycles. The van der Waals surface area contributed by atoms with Crippen LogP contribution in [0, 0.1) is 0 Å². The lowest BCUT2D eigenvalue weighted by Crippen LogP contribution is -2.41. The Hall–Kier alpha value is -3.52. The van der Waals surface area contributed by atoms with Crippen molar-refractivity contribution in [2.75, 3.05) is 23.3 Å². The van der Waals surface area contributed by atoms with Gasteiger partial charge in [-0.2, -0.15) is 13.2 Å². The fourth-order valence-electron chi connectivity index (χ4n) is 2.90. The maximum atomic E-state index is 13.0. The van der Waals surface area contributed by atoms with Gasteiger partial charge in [-0.3, -0.25) is 9.69 Å². The second-order valence-corrected chi connectivity index (χ2v) is 7.20. The second kappa shape index (κ2) is 10.2. The monoisotopic (exact) mass is 461 g/mol. The number of hydrogen-bond donors (Lipinski definition) is 2. The first-order valence-electron chi connectivity index (χ1n) is 9.58. The third-order valence-electron chi connectivity index (χ3n) is 4.48. The average molecular weight is 462 g/mol. The minimum absolute atomic E-state index is 0.0101. The van der Waals surface area contributed by atoms with Crippen LogP contribution in [0.5, 0.6) is 0 Å². The van der Waals surface area contributed by atoms with Crippen molar-refractivity contribution in [3.63, 3.8) is 0 Å². The lowest BCUT2D eigenvalue weighted by Gasteiger charge is -2.23. The molecule has 0 spiro atoms. The number of amides is 3. The van der Waals surface area contributed by atoms with Crippen LogP contribution in [0.2, 0.25) is 5.02 Å². The molecule has 2 N–H and O–H groups in total. The summed E-state index contributed by atoms with van der Waals surface area (Å²) in [6.07, 6.45) is -4.52. The number of anilines is 2. The standard InChI is InChI=1S/C23H19ClF3N3O2/c24-18-11-9-16(10-12-18)21(31)28-13-14-30(20-7-2-1-3-8-20)22(32)29-19-6-4-5-17(15-19)23(25,26)27/h1-12,15H,13-14H2,(H,28,31)(H,29,32). The van der Waals surface area contributed by atoms with Crippen LogP contribution in [-0.4, -0.2) is 25.0 Å². The van der Waals surface area contributed by atoms with Crippen molar-refractivity contribution in [2.45, 2.75) is 6.18 Å². The summed E-state index contributed by atoms with van der Waals surface area (Å²) in [6, 6.07) is 18.7. The molecule has 0 bridgehead atoms. The van der Waals surface area contributed by atoms with Gasteiger partial charge in [0.15, 0.2) is 0 Å². The molecule has 3 rings (SSSR count). The summed E-state index contributed by atoms with van der Waals surface area (Å²) in [6.45, 7) is 0.209. The van der Waals surface area contributed by atoms with Crippen LogP contribution in [0.15, 0.2) is 78.9 Å². The van der Waals surface area contributed by atoms with Crippen molar-refractivity contribution >= 4 is 34.9 Å². The molecular weight excluding hydrogens is 443 g/mol. The largest absolute Gasteiger partial charge is 0.416 e. The topological polar surface area (TPSA) is 61.4 Å². The van der Waals surface area contributed by atoms with E-state index >= 15 is 0 Å². The molecule has 0 aliphatic carbocycles. The average Bonchev–Trinajstić information content (AvgIpc) is 2.77. The Balaban J connectivity index is 1.70. The molecule has 5 nitrogen and oxygen atoms in total. The molecule has 0 radical (unpaired) electrons. The Bertz CT molecular complexity index is 1070. The number of carbonyl (C=O) groups is 2. The zero-order valence-electron chi connectivity index (χ0n) is 16.7. The number of urea groups is 1. The fourth-order valence-corrected chi connectivity index (χ4v) is 3.03. The summed E-state index contributed by atoms with van der Waals surface area (Å²) in [5, 5.41) is 5.71. The van der Waals surface area contributed by atoms with E-state index in [4.69, 9.17) is 11.6 Å². The Labute approximate surface area is 187 Å². The van der Waals surface area contributed by atoms with E-state index in [-0.39, 0.29) is 24.7 Å². The molecule has 0 aliphatic heterocycles. The molecule has 0 atom stereocenters. The Morgan fingerprint density at radius 1 is 0.906 bits per heavy atom. The molecule has 3 amide bonds. The molecule has 32 heavy (non-hydrogen) atoms. The first-order valence-corrected chi connectivity index (χ1v) is 9.96. The van der Waals surface area contributed by atoms with Gasteiger partial charge in [0.25, 0.3) is 5.91 Å². The predicted octanol–water partition coefficient (Wildman–Crippen LogP) is 5.83. The highest BCUT2D eigenvalue weighted by atomic mass is 35.5. The third kappa shape index (κ3) is 6.24. The van der Waals surface area contributed by atoms with Crippen LogP contribution in [0.3, 0.4) is 0 Å². The van der Waals surface area contributed by atoms with Gasteiger partial charge in [0.1, 0.15) is 0 Å². The van der Waals surface area contributed by atoms with E-state index in [1.807, 2.05) is 0 Å². The molecule has 9 heteroatoms. The van der Waals surface area contributed by atoms with Crippen LogP contribution < -0.4 is 15.5 Å². The number of nitrogens with zero attached hydrogens (tertiary/aromatic N) is 1. The molecule has 0 unspecified atom stereocenters. The Morgan fingerprint density at radius 2 is 1.59 bits per heavy atom. The predicted molar refractivity (Wildman–Crippen MR) is 118 cm³/mol. The summed E-state index contributed by atoms with van der Waals surface area (Å²) in [5.41, 5.74) is 0.0829. The van der Waals surface area contributed by atoms with Crippen molar-refractivity contribution in [1.82, 2.24) is 5.32 Å². The van der Waals surface area contributed by atoms with Crippen LogP contribution in [-0.2, 0) is 6.18 Å². The van der Waals surface area contributed by atoms with Crippen LogP contribution in [0.1, 0.15) is 15.9 Å². The van der Waals surface area contributed by atoms with Crippen molar-refractivity contribution in [3.8, 4) is 0 Å². The van der Waals surface area contributed by atoms with E-state index in [1.54, 1.807) is 54.6 Å². The van der Waals surface area contributed by atoms with Gasteiger partial charge in [0.2, 0.25) is 0 Å². The van der Waals surface area contributed by atoms with E-state index in [2.05, 4.69) is 10.6 Å². The number of halogens is 4. The molecule has 3 aromatic carbocycles. The van der Waals surface area contributed by atoms with E-state index in [9.17, 15) is 22.8 Å². The number of hydrogen-bond acceptors (Lipinski definition) is 2. The maximum absolute atomic E-state index is 13.0. The van der Waals surface area contributed by atoms with Gasteiger partial charge < -0.3 is 10.6 Å². The first kappa shape index (κ1) is 23.1. The summed E-state index contributed by atoms with van der Waals surface area (Å²) < 4.78 is 38.9. The molecular formula is C23H19ClF3N3O2. The van der Waals surface area contributed by atoms with Crippen molar-refractivity contribution < 1.29 is 22.8 Å². The van der Waals surface area contributed by atoms with Crippen LogP contribution >= 0.6 is 11.6 Å². The quantitative estimate of drug-likeness (QED) is 0.485. The lowest BCUT2D eigenvalue weighted by atomic mass is 10.2. The van der Waals surface area contributed by atoms with Crippen LogP contribution in [0.4, 0.5) is 29.3 Å². The summed E-state index contributed by atoms with van der Waals surface area (Å²) in [5.74, 6) is -0.340. The molecule has 0 aromatic heterocycles. The molecule has 0 aliphatic rings. The second-order valence-electron chi connectivity index (χ2n) is 6.76. The smallest absolute Gasteiger partial charge is 0.350 e. The highest BCUT2D eigenvalue weighted by Crippen LogP contribution is 2.30. The van der Waals surface area contributed by atoms with Gasteiger partial charge in [-0.05, 0) is 54.6 Å². The minimum atomic E-state index is -4.52. The number of nitrogens with one attached hydrogen (secondary N) is 2. The zero-order chi connectivity index (χ0) is 23.1. The van der Waals surface area contributed by atoms with E-state index in [0.717, 1.165) is 12.1 Å². The number of benzene rings is 3. The Kier molecular flexibility index (Phi) is 7.37. The van der Waals surface area contributed by atoms with E-state index < -0.39 is 17.8 Å². The van der Waals surface area contributed by atoms with E-state index in [1.165, 1.54) is 17.0 Å². The SMILES string of the molecule is O=C(NCCN(C(=O)Nc1cccc(C(F)(F)F)c1)c1ccccc1)c1ccc(Cl)cc1. The summed E-state index contributed by atoms with van der Waals surface area (Å²) in [7, 11) is 0. The number of rotatable bonds is 6. The van der Waals surface area contributed by atoms with Gasteiger partial charge in [-0.1, -0.05) is 35.9 Å². The number of para-hydroxylation sites is 1. The van der Waals surface area contributed by atoms with Gasteiger partial charge in [-0.15, -0.1) is 0 Å². The first-order chi connectivity index (χ1) is 15.2. The Morgan fingerprint density at radius 3 is 2.25 bits per heavy atom. The number of carbonyl (C=O) groups excluding carboxylic acids is 2. The fraction of sp³-hybridized carbons (Fsp3) is 0.130. The number of alkyl halides is 3. The normalized spacial score (nSPS) is 11.0. The molecule has 166 valence electrons. The zero-order valence-corrected chi connectivity index (χ0v) is 17.5. The highest BCUT2D eigenvalue weighted by Gasteiger charge is 2.30. The van der Waals surface area contributed by atoms with Crippen LogP contribution in [0.25, 0.3) is 0 Å². The van der Waals surface area contributed by atoms with Crippen molar-refractivity contribution in [3.05, 3.63) is 95.0 Å². The van der Waals surface area contributed by atoms with Gasteiger partial charge in [0, 0.05) is 35.1 Å². The van der Waals surface area contributed by atoms with Crippen molar-refractivity contribution in [1.29, 1.82) is 0 Å².